The molecule has 2 aliphatic heterocycles. The van der Waals surface area contributed by atoms with E-state index in [4.69, 9.17) is 18.6 Å². The first-order valence-electron chi connectivity index (χ1n) is 9.97. The smallest absolute Gasteiger partial charge is 0.328 e. The summed E-state index contributed by atoms with van der Waals surface area (Å²) in [6.07, 6.45) is 4.11. The Kier molecular flexibility index (Phi) is 5.92. The summed E-state index contributed by atoms with van der Waals surface area (Å²) in [5.74, 6) is -2.20. The molecule has 31 heavy (non-hydrogen) atoms. The number of halogens is 1. The third-order valence-corrected chi connectivity index (χ3v) is 5.46. The van der Waals surface area contributed by atoms with E-state index in [1.165, 1.54) is 24.2 Å². The van der Waals surface area contributed by atoms with E-state index in [1.807, 2.05) is 0 Å². The number of ether oxygens (including phenoxy) is 3. The molecule has 2 saturated heterocycles. The van der Waals surface area contributed by atoms with Crippen molar-refractivity contribution in [3.63, 3.8) is 0 Å². The molecule has 0 bridgehead atoms. The Bertz CT molecular complexity index is 932. The van der Waals surface area contributed by atoms with Crippen molar-refractivity contribution in [1.82, 2.24) is 10.2 Å². The predicted octanol–water partition coefficient (Wildman–Crippen LogP) is 1.21. The van der Waals surface area contributed by atoms with E-state index < -0.39 is 35.8 Å². The molecule has 2 fully saturated rings. The zero-order valence-electron chi connectivity index (χ0n) is 17.0. The van der Waals surface area contributed by atoms with Crippen molar-refractivity contribution in [2.24, 2.45) is 0 Å². The first kappa shape index (κ1) is 21.3. The first-order valence-corrected chi connectivity index (χ1v) is 9.97. The SMILES string of the molecule is COC(=O)[C@@H]1CC2(CN1C(=O)CNC(=O)c1ccc(C3=CC[C@H](F)C=C3)o1)OCCO2. The van der Waals surface area contributed by atoms with Crippen molar-refractivity contribution < 1.29 is 37.4 Å². The molecule has 2 amide bonds. The number of carbonyl (C=O) groups is 3. The lowest BCUT2D eigenvalue weighted by Crippen LogP contribution is -2.46. The van der Waals surface area contributed by atoms with Crippen LogP contribution in [0.5, 0.6) is 0 Å². The van der Waals surface area contributed by atoms with Crippen molar-refractivity contribution in [1.29, 1.82) is 0 Å². The Hall–Kier alpha value is -2.98. The van der Waals surface area contributed by atoms with Gasteiger partial charge in [-0.15, -0.1) is 0 Å². The standard InChI is InChI=1S/C21H23FN2O7/c1-28-20(27)15-10-21(29-8-9-30-21)12-24(15)18(25)11-23-19(26)17-7-6-16(31-17)13-2-4-14(22)5-3-13/h2-4,6-7,14-15H,5,8-12H2,1H3,(H,23,26)/t14-,15+/m1/s1. The minimum atomic E-state index is -1.02. The molecular weight excluding hydrogens is 411 g/mol. The number of alkyl halides is 1. The monoisotopic (exact) mass is 434 g/mol. The lowest BCUT2D eigenvalue weighted by Gasteiger charge is -2.23. The summed E-state index contributed by atoms with van der Waals surface area (Å²) in [5.41, 5.74) is 0.684. The van der Waals surface area contributed by atoms with E-state index in [2.05, 4.69) is 5.32 Å². The molecule has 10 heteroatoms. The van der Waals surface area contributed by atoms with E-state index in [9.17, 15) is 18.8 Å². The van der Waals surface area contributed by atoms with Gasteiger partial charge in [-0.3, -0.25) is 9.59 Å². The zero-order chi connectivity index (χ0) is 22.0. The number of furan rings is 1. The number of rotatable bonds is 5. The van der Waals surface area contributed by atoms with E-state index >= 15 is 0 Å². The Balaban J connectivity index is 1.37. The van der Waals surface area contributed by atoms with Gasteiger partial charge in [-0.25, -0.2) is 9.18 Å². The normalized spacial score (nSPS) is 24.3. The summed E-state index contributed by atoms with van der Waals surface area (Å²) in [4.78, 5) is 38.6. The van der Waals surface area contributed by atoms with Gasteiger partial charge >= 0.3 is 5.97 Å². The van der Waals surface area contributed by atoms with Gasteiger partial charge < -0.3 is 28.8 Å². The summed E-state index contributed by atoms with van der Waals surface area (Å²) in [5, 5.41) is 2.50. The van der Waals surface area contributed by atoms with Crippen LogP contribution >= 0.6 is 0 Å². The first-order chi connectivity index (χ1) is 14.9. The predicted molar refractivity (Wildman–Crippen MR) is 104 cm³/mol. The van der Waals surface area contributed by atoms with Crippen LogP contribution in [-0.4, -0.2) is 74.1 Å². The van der Waals surface area contributed by atoms with Crippen molar-refractivity contribution in [2.75, 3.05) is 33.4 Å². The third-order valence-electron chi connectivity index (χ3n) is 5.46. The van der Waals surface area contributed by atoms with Gasteiger partial charge in [-0.05, 0) is 18.2 Å². The van der Waals surface area contributed by atoms with Crippen LogP contribution < -0.4 is 5.32 Å². The highest BCUT2D eigenvalue weighted by Gasteiger charge is 2.52. The third kappa shape index (κ3) is 4.40. The molecule has 1 aliphatic carbocycles. The summed E-state index contributed by atoms with van der Waals surface area (Å²) in [6.45, 7) is 0.489. The molecule has 3 heterocycles. The van der Waals surface area contributed by atoms with Gasteiger partial charge in [0.05, 0.1) is 33.4 Å². The summed E-state index contributed by atoms with van der Waals surface area (Å²) >= 11 is 0. The maximum absolute atomic E-state index is 13.2. The summed E-state index contributed by atoms with van der Waals surface area (Å²) in [6, 6.07) is 2.23. The molecular formula is C21H23FN2O7. The summed E-state index contributed by atoms with van der Waals surface area (Å²) in [7, 11) is 1.24. The average Bonchev–Trinajstić information content (AvgIpc) is 3.52. The van der Waals surface area contributed by atoms with Crippen molar-refractivity contribution in [2.45, 2.75) is 30.8 Å². The van der Waals surface area contributed by atoms with Crippen LogP contribution in [0.2, 0.25) is 0 Å². The number of nitrogens with zero attached hydrogens (tertiary/aromatic N) is 1. The lowest BCUT2D eigenvalue weighted by molar-refractivity contribution is -0.152. The van der Waals surface area contributed by atoms with Gasteiger partial charge in [-0.1, -0.05) is 12.2 Å². The van der Waals surface area contributed by atoms with Crippen LogP contribution in [0.1, 0.15) is 29.2 Å². The number of allylic oxidation sites excluding steroid dienone is 4. The topological polar surface area (TPSA) is 107 Å². The molecule has 2 atom stereocenters. The number of likely N-dealkylation sites (tertiary alicyclic amines) is 1. The Morgan fingerprint density at radius 2 is 2.06 bits per heavy atom. The molecule has 1 N–H and O–H groups in total. The lowest BCUT2D eigenvalue weighted by atomic mass is 10.0. The second-order valence-corrected chi connectivity index (χ2v) is 7.49. The van der Waals surface area contributed by atoms with Crippen LogP contribution in [0.25, 0.3) is 5.57 Å². The largest absolute Gasteiger partial charge is 0.467 e. The molecule has 4 rings (SSSR count). The number of nitrogens with one attached hydrogen (secondary N) is 1. The van der Waals surface area contributed by atoms with Crippen LogP contribution in [0, 0.1) is 0 Å². The highest BCUT2D eigenvalue weighted by atomic mass is 19.1. The minimum Gasteiger partial charge on any atom is -0.467 e. The molecule has 0 unspecified atom stereocenters. The van der Waals surface area contributed by atoms with Gasteiger partial charge in [0.15, 0.2) is 11.5 Å². The zero-order valence-corrected chi connectivity index (χ0v) is 17.0. The molecule has 3 aliphatic rings. The second kappa shape index (κ2) is 8.64. The maximum Gasteiger partial charge on any atom is 0.328 e. The average molecular weight is 434 g/mol. The molecule has 0 radical (unpaired) electrons. The van der Waals surface area contributed by atoms with Crippen LogP contribution in [0.15, 0.2) is 34.8 Å². The molecule has 1 aromatic rings. The van der Waals surface area contributed by atoms with Crippen molar-refractivity contribution >= 4 is 23.4 Å². The minimum absolute atomic E-state index is 0.0179. The van der Waals surface area contributed by atoms with Crippen LogP contribution in [-0.2, 0) is 23.8 Å². The number of amides is 2. The van der Waals surface area contributed by atoms with E-state index in [-0.39, 0.29) is 31.7 Å². The number of hydrogen-bond acceptors (Lipinski definition) is 7. The second-order valence-electron chi connectivity index (χ2n) is 7.49. The molecule has 1 aromatic heterocycles. The molecule has 9 nitrogen and oxygen atoms in total. The Morgan fingerprint density at radius 3 is 2.74 bits per heavy atom. The maximum atomic E-state index is 13.2. The van der Waals surface area contributed by atoms with Crippen LogP contribution in [0.4, 0.5) is 4.39 Å². The number of carbonyl (C=O) groups excluding carboxylic acids is 3. The highest BCUT2D eigenvalue weighted by molar-refractivity contribution is 5.95. The van der Waals surface area contributed by atoms with E-state index in [0.29, 0.717) is 24.5 Å². The van der Waals surface area contributed by atoms with Crippen molar-refractivity contribution in [3.05, 3.63) is 41.9 Å². The van der Waals surface area contributed by atoms with Gasteiger partial charge in [0.2, 0.25) is 5.91 Å². The summed E-state index contributed by atoms with van der Waals surface area (Å²) < 4.78 is 34.8. The Labute approximate surface area is 177 Å². The van der Waals surface area contributed by atoms with E-state index in [0.717, 1.165) is 0 Å². The number of hydrogen-bond donors (Lipinski definition) is 1. The van der Waals surface area contributed by atoms with Gasteiger partial charge in [0, 0.05) is 18.4 Å². The molecule has 1 spiro atoms. The van der Waals surface area contributed by atoms with E-state index in [1.54, 1.807) is 18.2 Å². The van der Waals surface area contributed by atoms with Gasteiger partial charge in [-0.2, -0.15) is 0 Å². The fourth-order valence-corrected chi connectivity index (χ4v) is 3.89. The Morgan fingerprint density at radius 1 is 1.29 bits per heavy atom. The van der Waals surface area contributed by atoms with Crippen LogP contribution in [0.3, 0.4) is 0 Å². The molecule has 0 aromatic carbocycles. The molecule has 166 valence electrons. The molecule has 0 saturated carbocycles. The fraction of sp³-hybridized carbons (Fsp3) is 0.476. The van der Waals surface area contributed by atoms with Gasteiger partial charge in [0.25, 0.3) is 5.91 Å². The highest BCUT2D eigenvalue weighted by Crippen LogP contribution is 2.35. The van der Waals surface area contributed by atoms with Crippen molar-refractivity contribution in [3.8, 4) is 0 Å². The fourth-order valence-electron chi connectivity index (χ4n) is 3.89. The quantitative estimate of drug-likeness (QED) is 0.694. The number of methoxy groups -OCH3 is 1. The van der Waals surface area contributed by atoms with Gasteiger partial charge in [0.1, 0.15) is 18.0 Å². The number of esters is 1.